The molecule has 0 aliphatic heterocycles. The summed E-state index contributed by atoms with van der Waals surface area (Å²) in [5.41, 5.74) is 6.96. The van der Waals surface area contributed by atoms with Crippen molar-refractivity contribution in [1.82, 2.24) is 35.0 Å². The Bertz CT molecular complexity index is 1230. The first-order chi connectivity index (χ1) is 14.8. The molecule has 12 heteroatoms. The van der Waals surface area contributed by atoms with Gasteiger partial charge in [0.1, 0.15) is 5.69 Å². The van der Waals surface area contributed by atoms with E-state index in [1.54, 1.807) is 47.4 Å². The average Bonchev–Trinajstić information content (AvgIpc) is 3.36. The van der Waals surface area contributed by atoms with Gasteiger partial charge in [-0.25, -0.2) is 9.67 Å². The fourth-order valence-corrected chi connectivity index (χ4v) is 3.50. The van der Waals surface area contributed by atoms with Crippen LogP contribution in [-0.4, -0.2) is 40.9 Å². The number of pyridine rings is 1. The van der Waals surface area contributed by atoms with Crippen molar-refractivity contribution in [2.75, 3.05) is 5.32 Å². The van der Waals surface area contributed by atoms with Gasteiger partial charge in [-0.2, -0.15) is 9.78 Å². The van der Waals surface area contributed by atoms with Gasteiger partial charge in [0.15, 0.2) is 17.3 Å². The molecular weight excluding hydrogens is 441 g/mol. The van der Waals surface area contributed by atoms with Crippen molar-refractivity contribution in [3.63, 3.8) is 0 Å². The molecule has 4 aromatic rings. The number of hydrogen-bond donors (Lipinski definition) is 2. The predicted octanol–water partition coefficient (Wildman–Crippen LogP) is 3.52. The number of para-hydroxylation sites is 1. The maximum absolute atomic E-state index is 11.9. The second kappa shape index (κ2) is 8.32. The third-order valence-electron chi connectivity index (χ3n) is 4.37. The number of primary amides is 1. The van der Waals surface area contributed by atoms with Crippen LogP contribution >= 0.6 is 23.2 Å². The van der Waals surface area contributed by atoms with Crippen LogP contribution in [0.1, 0.15) is 36.1 Å². The minimum absolute atomic E-state index is 0.0302. The lowest BCUT2D eigenvalue weighted by molar-refractivity contribution is 0.0996. The van der Waals surface area contributed by atoms with Gasteiger partial charge in [-0.05, 0) is 34.7 Å². The van der Waals surface area contributed by atoms with Crippen LogP contribution < -0.4 is 11.1 Å². The highest BCUT2D eigenvalue weighted by molar-refractivity contribution is 6.37. The minimum Gasteiger partial charge on any atom is -0.364 e. The van der Waals surface area contributed by atoms with Crippen molar-refractivity contribution in [3.8, 4) is 11.5 Å². The summed E-state index contributed by atoms with van der Waals surface area (Å²) in [5.74, 6) is 0.689. The highest BCUT2D eigenvalue weighted by Crippen LogP contribution is 2.30. The van der Waals surface area contributed by atoms with Crippen LogP contribution in [0.15, 0.2) is 42.7 Å². The topological polar surface area (TPSA) is 129 Å². The second-order valence-electron chi connectivity index (χ2n) is 6.90. The Morgan fingerprint density at radius 2 is 1.90 bits per heavy atom. The molecule has 158 valence electrons. The summed E-state index contributed by atoms with van der Waals surface area (Å²) in [7, 11) is 0. The van der Waals surface area contributed by atoms with E-state index in [4.69, 9.17) is 28.9 Å². The van der Waals surface area contributed by atoms with Gasteiger partial charge in [0.2, 0.25) is 0 Å². The zero-order chi connectivity index (χ0) is 22.1. The summed E-state index contributed by atoms with van der Waals surface area (Å²) in [4.78, 5) is 16.3. The monoisotopic (exact) mass is 457 g/mol. The van der Waals surface area contributed by atoms with Gasteiger partial charge in [-0.15, -0.1) is 5.10 Å². The number of nitrogens with two attached hydrogens (primary N) is 1. The summed E-state index contributed by atoms with van der Waals surface area (Å²) in [5, 5.41) is 19.8. The number of amides is 1. The number of halogens is 2. The Morgan fingerprint density at radius 1 is 1.16 bits per heavy atom. The summed E-state index contributed by atoms with van der Waals surface area (Å²) >= 11 is 12.5. The summed E-state index contributed by atoms with van der Waals surface area (Å²) in [6.45, 7) is 3.98. The van der Waals surface area contributed by atoms with E-state index < -0.39 is 5.91 Å². The summed E-state index contributed by atoms with van der Waals surface area (Å²) in [6, 6.07) is 8.60. The molecule has 0 saturated carbocycles. The van der Waals surface area contributed by atoms with Crippen molar-refractivity contribution in [2.24, 2.45) is 5.73 Å². The minimum atomic E-state index is -0.704. The van der Waals surface area contributed by atoms with E-state index in [1.807, 2.05) is 13.8 Å². The third-order valence-corrected chi connectivity index (χ3v) is 4.98. The number of carbonyl (C=O) groups excluding carboxylic acids is 1. The molecule has 0 atom stereocenters. The molecule has 10 nitrogen and oxygen atoms in total. The van der Waals surface area contributed by atoms with Crippen molar-refractivity contribution >= 4 is 40.5 Å². The molecule has 31 heavy (non-hydrogen) atoms. The molecular formula is C19H17Cl2N9O. The van der Waals surface area contributed by atoms with Gasteiger partial charge < -0.3 is 11.1 Å². The number of nitrogens with one attached hydrogen (secondary N) is 1. The Labute approximate surface area is 187 Å². The Hall–Kier alpha value is -3.50. The molecule has 1 amide bonds. The van der Waals surface area contributed by atoms with Crippen LogP contribution in [0.2, 0.25) is 10.0 Å². The van der Waals surface area contributed by atoms with E-state index in [9.17, 15) is 4.79 Å². The lowest BCUT2D eigenvalue weighted by atomic mass is 10.2. The van der Waals surface area contributed by atoms with Crippen LogP contribution in [0.3, 0.4) is 0 Å². The molecule has 0 fully saturated rings. The lowest BCUT2D eigenvalue weighted by Crippen LogP contribution is -2.14. The highest BCUT2D eigenvalue weighted by Gasteiger charge is 2.18. The average molecular weight is 458 g/mol. The van der Waals surface area contributed by atoms with Crippen LogP contribution in [0.5, 0.6) is 0 Å². The maximum atomic E-state index is 11.9. The van der Waals surface area contributed by atoms with Crippen LogP contribution in [0, 0.1) is 0 Å². The third kappa shape index (κ3) is 4.07. The van der Waals surface area contributed by atoms with Crippen LogP contribution in [0.4, 0.5) is 11.4 Å². The molecule has 0 bridgehead atoms. The fraction of sp³-hybridized carbons (Fsp3) is 0.158. The van der Waals surface area contributed by atoms with Gasteiger partial charge in [0.05, 0.1) is 33.8 Å². The normalized spacial score (nSPS) is 11.1. The first kappa shape index (κ1) is 20.8. The van der Waals surface area contributed by atoms with Crippen molar-refractivity contribution in [2.45, 2.75) is 19.8 Å². The number of benzene rings is 1. The maximum Gasteiger partial charge on any atom is 0.271 e. The second-order valence-corrected chi connectivity index (χ2v) is 7.72. The molecule has 1 aromatic carbocycles. The molecule has 4 rings (SSSR count). The SMILES string of the molecule is CC(C)c1nnnn1-c1ccc(Nc2cn(-c3c(Cl)cccc3Cl)nc2C(N)=O)cn1. The number of anilines is 2. The largest absolute Gasteiger partial charge is 0.364 e. The van der Waals surface area contributed by atoms with Gasteiger partial charge in [0, 0.05) is 5.92 Å². The number of nitrogens with zero attached hydrogens (tertiary/aromatic N) is 7. The van der Waals surface area contributed by atoms with E-state index in [0.29, 0.717) is 38.7 Å². The number of carbonyl (C=O) groups is 1. The van der Waals surface area contributed by atoms with E-state index in [0.717, 1.165) is 0 Å². The molecule has 0 aliphatic rings. The standard InChI is InChI=1S/C19H17Cl2N9O/c1-10(2)19-25-27-28-30(19)15-7-6-11(8-23-15)24-14-9-29(26-16(14)18(22)31)17-12(20)4-3-5-13(17)21/h3-10,24H,1-2H3,(H2,22,31). The van der Waals surface area contributed by atoms with Gasteiger partial charge >= 0.3 is 0 Å². The quantitative estimate of drug-likeness (QED) is 0.452. The van der Waals surface area contributed by atoms with Gasteiger partial charge in [-0.1, -0.05) is 43.1 Å². The number of hydrogen-bond acceptors (Lipinski definition) is 7. The fourth-order valence-electron chi connectivity index (χ4n) is 2.93. The zero-order valence-electron chi connectivity index (χ0n) is 16.5. The number of rotatable bonds is 6. The van der Waals surface area contributed by atoms with E-state index in [2.05, 4.69) is 30.9 Å². The Kier molecular flexibility index (Phi) is 5.57. The van der Waals surface area contributed by atoms with Gasteiger partial charge in [0.25, 0.3) is 5.91 Å². The molecule has 0 unspecified atom stereocenters. The number of tetrazole rings is 1. The number of aromatic nitrogens is 7. The van der Waals surface area contributed by atoms with Crippen molar-refractivity contribution in [3.05, 3.63) is 64.3 Å². The molecule has 3 aromatic heterocycles. The van der Waals surface area contributed by atoms with Gasteiger partial charge in [-0.3, -0.25) is 4.79 Å². The van der Waals surface area contributed by atoms with Crippen LogP contribution in [0.25, 0.3) is 11.5 Å². The molecule has 0 aliphatic carbocycles. The summed E-state index contributed by atoms with van der Waals surface area (Å²) < 4.78 is 2.98. The Morgan fingerprint density at radius 3 is 2.52 bits per heavy atom. The van der Waals surface area contributed by atoms with E-state index >= 15 is 0 Å². The lowest BCUT2D eigenvalue weighted by Gasteiger charge is -2.08. The van der Waals surface area contributed by atoms with E-state index in [1.165, 1.54) is 4.68 Å². The molecule has 3 N–H and O–H groups in total. The predicted molar refractivity (Wildman–Crippen MR) is 116 cm³/mol. The highest BCUT2D eigenvalue weighted by atomic mass is 35.5. The van der Waals surface area contributed by atoms with Crippen LogP contribution in [-0.2, 0) is 0 Å². The zero-order valence-corrected chi connectivity index (χ0v) is 18.0. The summed E-state index contributed by atoms with van der Waals surface area (Å²) in [6.07, 6.45) is 3.17. The van der Waals surface area contributed by atoms with Crippen molar-refractivity contribution < 1.29 is 4.79 Å². The molecule has 3 heterocycles. The van der Waals surface area contributed by atoms with Crippen molar-refractivity contribution in [1.29, 1.82) is 0 Å². The van der Waals surface area contributed by atoms with E-state index in [-0.39, 0.29) is 11.6 Å². The first-order valence-electron chi connectivity index (χ1n) is 9.20. The molecule has 0 saturated heterocycles. The molecule has 0 spiro atoms. The smallest absolute Gasteiger partial charge is 0.271 e. The molecule has 0 radical (unpaired) electrons. The Balaban J connectivity index is 1.66. The first-order valence-corrected chi connectivity index (χ1v) is 9.96.